The van der Waals surface area contributed by atoms with Gasteiger partial charge in [0.15, 0.2) is 0 Å². The first-order valence-corrected chi connectivity index (χ1v) is 5.35. The molecule has 0 radical (unpaired) electrons. The molecule has 1 aromatic rings. The lowest BCUT2D eigenvalue weighted by Gasteiger charge is -2.13. The topological polar surface area (TPSA) is 35.2 Å². The third kappa shape index (κ3) is 4.65. The van der Waals surface area contributed by atoms with Gasteiger partial charge >= 0.3 is 6.18 Å². The highest BCUT2D eigenvalue weighted by Gasteiger charge is 2.26. The van der Waals surface area contributed by atoms with Crippen molar-refractivity contribution in [2.45, 2.75) is 32.5 Å². The molecular formula is C12H16F3NO. The Kier molecular flexibility index (Phi) is 4.40. The van der Waals surface area contributed by atoms with Crippen molar-refractivity contribution in [2.75, 3.05) is 6.61 Å². The third-order valence-corrected chi connectivity index (χ3v) is 2.37. The molecule has 2 nitrogen and oxygen atoms in total. The molecule has 0 spiro atoms. The number of hydrogen-bond donors (Lipinski definition) is 1. The van der Waals surface area contributed by atoms with E-state index in [1.807, 2.05) is 13.0 Å². The fourth-order valence-electron chi connectivity index (χ4n) is 1.39. The molecule has 0 aliphatic heterocycles. The van der Waals surface area contributed by atoms with Crippen LogP contribution in [0.1, 0.15) is 30.5 Å². The van der Waals surface area contributed by atoms with Crippen LogP contribution in [0.5, 0.6) is 5.75 Å². The molecule has 0 amide bonds. The Morgan fingerprint density at radius 3 is 2.47 bits per heavy atom. The molecule has 2 N–H and O–H groups in total. The number of benzene rings is 1. The fraction of sp³-hybridized carbons (Fsp3) is 0.500. The SMILES string of the molecule is Cc1cc(C(C)N)ccc1OCCC(F)(F)F. The second-order valence-corrected chi connectivity index (χ2v) is 4.03. The molecule has 1 rings (SSSR count). The van der Waals surface area contributed by atoms with E-state index in [9.17, 15) is 13.2 Å². The van der Waals surface area contributed by atoms with Crippen LogP contribution >= 0.6 is 0 Å². The molecular weight excluding hydrogens is 231 g/mol. The average molecular weight is 247 g/mol. The second kappa shape index (κ2) is 5.40. The van der Waals surface area contributed by atoms with Gasteiger partial charge in [0.25, 0.3) is 0 Å². The van der Waals surface area contributed by atoms with Crippen molar-refractivity contribution in [1.29, 1.82) is 0 Å². The molecule has 0 aliphatic rings. The number of ether oxygens (including phenoxy) is 1. The maximum absolute atomic E-state index is 11.9. The van der Waals surface area contributed by atoms with Crippen molar-refractivity contribution in [2.24, 2.45) is 5.73 Å². The number of alkyl halides is 3. The molecule has 1 aromatic carbocycles. The molecule has 0 fully saturated rings. The van der Waals surface area contributed by atoms with E-state index in [1.54, 1.807) is 19.1 Å². The first-order chi connectivity index (χ1) is 7.79. The summed E-state index contributed by atoms with van der Waals surface area (Å²) in [6.45, 7) is 3.27. The van der Waals surface area contributed by atoms with E-state index in [2.05, 4.69) is 0 Å². The van der Waals surface area contributed by atoms with E-state index >= 15 is 0 Å². The van der Waals surface area contributed by atoms with Gasteiger partial charge in [0.2, 0.25) is 0 Å². The van der Waals surface area contributed by atoms with Crippen molar-refractivity contribution in [3.05, 3.63) is 29.3 Å². The van der Waals surface area contributed by atoms with Crippen molar-refractivity contribution >= 4 is 0 Å². The molecule has 0 saturated heterocycles. The van der Waals surface area contributed by atoms with Crippen LogP contribution in [0.3, 0.4) is 0 Å². The molecule has 96 valence electrons. The predicted octanol–water partition coefficient (Wildman–Crippen LogP) is 3.35. The molecule has 1 atom stereocenters. The minimum Gasteiger partial charge on any atom is -0.493 e. The normalized spacial score (nSPS) is 13.5. The second-order valence-electron chi connectivity index (χ2n) is 4.03. The Balaban J connectivity index is 2.61. The van der Waals surface area contributed by atoms with Crippen molar-refractivity contribution < 1.29 is 17.9 Å². The first-order valence-electron chi connectivity index (χ1n) is 5.35. The molecule has 0 bridgehead atoms. The highest BCUT2D eigenvalue weighted by Crippen LogP contribution is 2.24. The van der Waals surface area contributed by atoms with Gasteiger partial charge in [0.05, 0.1) is 13.0 Å². The number of halogens is 3. The summed E-state index contributed by atoms with van der Waals surface area (Å²) in [5.41, 5.74) is 7.43. The van der Waals surface area contributed by atoms with Crippen molar-refractivity contribution in [3.63, 3.8) is 0 Å². The van der Waals surface area contributed by atoms with Crippen LogP contribution in [0.4, 0.5) is 13.2 Å². The van der Waals surface area contributed by atoms with Gasteiger partial charge in [-0.15, -0.1) is 0 Å². The Hall–Kier alpha value is -1.23. The highest BCUT2D eigenvalue weighted by molar-refractivity contribution is 5.37. The largest absolute Gasteiger partial charge is 0.493 e. The quantitative estimate of drug-likeness (QED) is 0.885. The summed E-state index contributed by atoms with van der Waals surface area (Å²) < 4.78 is 40.9. The van der Waals surface area contributed by atoms with Crippen LogP contribution in [0, 0.1) is 6.92 Å². The van der Waals surface area contributed by atoms with Crippen LogP contribution in [0.2, 0.25) is 0 Å². The van der Waals surface area contributed by atoms with Gasteiger partial charge in [-0.25, -0.2) is 0 Å². The minimum absolute atomic E-state index is 0.0991. The van der Waals surface area contributed by atoms with E-state index in [1.165, 1.54) is 0 Å². The predicted molar refractivity (Wildman–Crippen MR) is 59.9 cm³/mol. The van der Waals surface area contributed by atoms with E-state index in [-0.39, 0.29) is 12.6 Å². The lowest BCUT2D eigenvalue weighted by atomic mass is 10.1. The zero-order chi connectivity index (χ0) is 13.1. The van der Waals surface area contributed by atoms with Gasteiger partial charge < -0.3 is 10.5 Å². The summed E-state index contributed by atoms with van der Waals surface area (Å²) in [5.74, 6) is 0.471. The molecule has 5 heteroatoms. The number of aryl methyl sites for hydroxylation is 1. The van der Waals surface area contributed by atoms with E-state index in [0.717, 1.165) is 11.1 Å². The Morgan fingerprint density at radius 1 is 1.35 bits per heavy atom. The fourth-order valence-corrected chi connectivity index (χ4v) is 1.39. The highest BCUT2D eigenvalue weighted by atomic mass is 19.4. The standard InChI is InChI=1S/C12H16F3NO/c1-8-7-10(9(2)16)3-4-11(8)17-6-5-12(13,14)15/h3-4,7,9H,5-6,16H2,1-2H3. The van der Waals surface area contributed by atoms with E-state index in [0.29, 0.717) is 5.75 Å². The smallest absolute Gasteiger partial charge is 0.392 e. The van der Waals surface area contributed by atoms with Crippen molar-refractivity contribution in [3.8, 4) is 5.75 Å². The Labute approximate surface area is 98.6 Å². The lowest BCUT2D eigenvalue weighted by Crippen LogP contribution is -2.13. The first kappa shape index (κ1) is 13.8. The summed E-state index contributed by atoms with van der Waals surface area (Å²) >= 11 is 0. The number of rotatable bonds is 4. The molecule has 1 unspecified atom stereocenters. The average Bonchev–Trinajstić information content (AvgIpc) is 2.18. The number of hydrogen-bond acceptors (Lipinski definition) is 2. The number of nitrogens with two attached hydrogens (primary N) is 1. The van der Waals surface area contributed by atoms with Crippen molar-refractivity contribution in [1.82, 2.24) is 0 Å². The van der Waals surface area contributed by atoms with Crippen LogP contribution in [-0.4, -0.2) is 12.8 Å². The van der Waals surface area contributed by atoms with Gasteiger partial charge in [-0.2, -0.15) is 13.2 Å². The van der Waals surface area contributed by atoms with E-state index in [4.69, 9.17) is 10.5 Å². The van der Waals surface area contributed by atoms with Crippen LogP contribution in [-0.2, 0) is 0 Å². The maximum atomic E-state index is 11.9. The molecule has 0 heterocycles. The maximum Gasteiger partial charge on any atom is 0.392 e. The van der Waals surface area contributed by atoms with Gasteiger partial charge in [-0.3, -0.25) is 0 Å². The zero-order valence-corrected chi connectivity index (χ0v) is 9.84. The minimum atomic E-state index is -4.18. The Bertz CT molecular complexity index is 375. The molecule has 0 aromatic heterocycles. The summed E-state index contributed by atoms with van der Waals surface area (Å²) in [4.78, 5) is 0. The van der Waals surface area contributed by atoms with Crippen LogP contribution in [0.15, 0.2) is 18.2 Å². The van der Waals surface area contributed by atoms with Gasteiger partial charge in [0.1, 0.15) is 5.75 Å². The van der Waals surface area contributed by atoms with Gasteiger partial charge in [-0.1, -0.05) is 12.1 Å². The van der Waals surface area contributed by atoms with Crippen LogP contribution in [0.25, 0.3) is 0 Å². The summed E-state index contributed by atoms with van der Waals surface area (Å²) in [6, 6.07) is 5.15. The zero-order valence-electron chi connectivity index (χ0n) is 9.84. The Morgan fingerprint density at radius 2 is 2.00 bits per heavy atom. The lowest BCUT2D eigenvalue weighted by molar-refractivity contribution is -0.139. The summed E-state index contributed by atoms with van der Waals surface area (Å²) in [7, 11) is 0. The molecule has 17 heavy (non-hydrogen) atoms. The third-order valence-electron chi connectivity index (χ3n) is 2.37. The monoisotopic (exact) mass is 247 g/mol. The van der Waals surface area contributed by atoms with E-state index < -0.39 is 12.6 Å². The van der Waals surface area contributed by atoms with Gasteiger partial charge in [0, 0.05) is 6.04 Å². The summed E-state index contributed by atoms with van der Waals surface area (Å²) in [6.07, 6.45) is -5.12. The molecule has 0 saturated carbocycles. The van der Waals surface area contributed by atoms with Gasteiger partial charge in [-0.05, 0) is 31.0 Å². The van der Waals surface area contributed by atoms with Crippen LogP contribution < -0.4 is 10.5 Å². The molecule has 0 aliphatic carbocycles. The summed E-state index contributed by atoms with van der Waals surface area (Å²) in [5, 5.41) is 0.